The molecule has 0 spiro atoms. The van der Waals surface area contributed by atoms with Gasteiger partial charge in [-0.3, -0.25) is 4.79 Å². The monoisotopic (exact) mass is 300 g/mol. The molecule has 1 saturated carbocycles. The highest BCUT2D eigenvalue weighted by Gasteiger charge is 2.18. The molecule has 1 amide bonds. The Bertz CT molecular complexity index is 621. The van der Waals surface area contributed by atoms with Gasteiger partial charge in [-0.25, -0.2) is 4.98 Å². The number of nitrogens with one attached hydrogen (secondary N) is 1. The fourth-order valence-corrected chi connectivity index (χ4v) is 3.63. The fraction of sp³-hybridized carbons (Fsp3) is 0.412. The minimum absolute atomic E-state index is 0.00573. The van der Waals surface area contributed by atoms with Crippen molar-refractivity contribution >= 4 is 33.5 Å². The summed E-state index contributed by atoms with van der Waals surface area (Å²) < 4.78 is 1.15. The lowest BCUT2D eigenvalue weighted by molar-refractivity contribution is -0.117. The van der Waals surface area contributed by atoms with Gasteiger partial charge in [0.25, 0.3) is 0 Å². The molecule has 0 atom stereocenters. The van der Waals surface area contributed by atoms with Gasteiger partial charge in [-0.05, 0) is 49.8 Å². The standard InChI is InChI=1S/C17H20N2OS/c1-12-6-8-13(9-7-12)18-16(20)10-11-17-19-14-4-2-3-5-15(14)21-17/h2-5,10-13H,6-9H2,1H3,(H,18,20)/b11-10+. The van der Waals surface area contributed by atoms with Crippen LogP contribution in [0.2, 0.25) is 0 Å². The highest BCUT2D eigenvalue weighted by molar-refractivity contribution is 7.19. The van der Waals surface area contributed by atoms with Crippen molar-refractivity contribution in [3.05, 3.63) is 35.3 Å². The number of hydrogen-bond donors (Lipinski definition) is 1. The topological polar surface area (TPSA) is 42.0 Å². The van der Waals surface area contributed by atoms with Crippen LogP contribution >= 0.6 is 11.3 Å². The summed E-state index contributed by atoms with van der Waals surface area (Å²) in [5.74, 6) is 0.797. The van der Waals surface area contributed by atoms with Gasteiger partial charge in [-0.2, -0.15) is 0 Å². The average Bonchev–Trinajstić information content (AvgIpc) is 2.90. The first-order valence-corrected chi connectivity index (χ1v) is 8.36. The maximum Gasteiger partial charge on any atom is 0.244 e. The molecule has 0 aliphatic heterocycles. The van der Waals surface area contributed by atoms with Crippen LogP contribution in [0.5, 0.6) is 0 Å². The number of amides is 1. The number of thiazole rings is 1. The first-order chi connectivity index (χ1) is 10.2. The zero-order chi connectivity index (χ0) is 14.7. The molecule has 2 aromatic rings. The highest BCUT2D eigenvalue weighted by Crippen LogP contribution is 2.24. The third-order valence-electron chi connectivity index (χ3n) is 4.05. The number of fused-ring (bicyclic) bond motifs is 1. The summed E-state index contributed by atoms with van der Waals surface area (Å²) >= 11 is 1.61. The molecule has 3 nitrogen and oxygen atoms in total. The van der Waals surface area contributed by atoms with E-state index in [-0.39, 0.29) is 5.91 Å². The lowest BCUT2D eigenvalue weighted by Gasteiger charge is -2.26. The first-order valence-electron chi connectivity index (χ1n) is 7.55. The number of nitrogens with zero attached hydrogens (tertiary/aromatic N) is 1. The van der Waals surface area contributed by atoms with E-state index in [1.807, 2.05) is 30.3 Å². The van der Waals surface area contributed by atoms with Crippen molar-refractivity contribution < 1.29 is 4.79 Å². The van der Waals surface area contributed by atoms with Gasteiger partial charge in [0, 0.05) is 12.1 Å². The minimum atomic E-state index is -0.00573. The molecule has 1 heterocycles. The molecule has 4 heteroatoms. The highest BCUT2D eigenvalue weighted by atomic mass is 32.1. The number of carbonyl (C=O) groups excluding carboxylic acids is 1. The van der Waals surface area contributed by atoms with Gasteiger partial charge in [0.1, 0.15) is 5.01 Å². The molecule has 1 fully saturated rings. The third-order valence-corrected chi connectivity index (χ3v) is 5.05. The minimum Gasteiger partial charge on any atom is -0.350 e. The Morgan fingerprint density at radius 3 is 2.81 bits per heavy atom. The van der Waals surface area contributed by atoms with E-state index in [4.69, 9.17) is 0 Å². The Labute approximate surface area is 129 Å². The average molecular weight is 300 g/mol. The Morgan fingerprint density at radius 1 is 1.29 bits per heavy atom. The largest absolute Gasteiger partial charge is 0.350 e. The van der Waals surface area contributed by atoms with E-state index >= 15 is 0 Å². The van der Waals surface area contributed by atoms with Crippen LogP contribution in [0.4, 0.5) is 0 Å². The second-order valence-corrected chi connectivity index (χ2v) is 6.88. The van der Waals surface area contributed by atoms with Gasteiger partial charge in [0.15, 0.2) is 0 Å². The van der Waals surface area contributed by atoms with Gasteiger partial charge >= 0.3 is 0 Å². The van der Waals surface area contributed by atoms with E-state index in [0.717, 1.165) is 34.0 Å². The molecule has 1 aliphatic rings. The molecule has 0 unspecified atom stereocenters. The fourth-order valence-electron chi connectivity index (χ4n) is 2.76. The van der Waals surface area contributed by atoms with Crippen molar-refractivity contribution in [1.29, 1.82) is 0 Å². The Balaban J connectivity index is 1.58. The molecule has 110 valence electrons. The molecule has 0 radical (unpaired) electrons. The van der Waals surface area contributed by atoms with Crippen molar-refractivity contribution in [1.82, 2.24) is 10.3 Å². The molecular formula is C17H20N2OS. The molecule has 21 heavy (non-hydrogen) atoms. The Hall–Kier alpha value is -1.68. The van der Waals surface area contributed by atoms with Crippen LogP contribution in [0.3, 0.4) is 0 Å². The lowest BCUT2D eigenvalue weighted by atomic mass is 9.87. The smallest absolute Gasteiger partial charge is 0.244 e. The number of para-hydroxylation sites is 1. The summed E-state index contributed by atoms with van der Waals surface area (Å²) in [4.78, 5) is 16.5. The van der Waals surface area contributed by atoms with Crippen LogP contribution in [-0.4, -0.2) is 16.9 Å². The maximum absolute atomic E-state index is 12.0. The normalized spacial score (nSPS) is 22.7. The maximum atomic E-state index is 12.0. The van der Waals surface area contributed by atoms with E-state index in [0.29, 0.717) is 6.04 Å². The van der Waals surface area contributed by atoms with Crippen molar-refractivity contribution in [2.75, 3.05) is 0 Å². The Morgan fingerprint density at radius 2 is 2.05 bits per heavy atom. The summed E-state index contributed by atoms with van der Waals surface area (Å²) in [5.41, 5.74) is 0.990. The molecule has 1 aromatic carbocycles. The van der Waals surface area contributed by atoms with Crippen LogP contribution < -0.4 is 5.32 Å². The molecule has 0 bridgehead atoms. The zero-order valence-corrected chi connectivity index (χ0v) is 13.0. The van der Waals surface area contributed by atoms with E-state index in [9.17, 15) is 4.79 Å². The van der Waals surface area contributed by atoms with Crippen LogP contribution in [0.25, 0.3) is 16.3 Å². The van der Waals surface area contributed by atoms with Crippen molar-refractivity contribution in [2.45, 2.75) is 38.6 Å². The van der Waals surface area contributed by atoms with E-state index < -0.39 is 0 Å². The van der Waals surface area contributed by atoms with Crippen molar-refractivity contribution in [2.24, 2.45) is 5.92 Å². The van der Waals surface area contributed by atoms with Crippen LogP contribution in [-0.2, 0) is 4.79 Å². The number of aromatic nitrogens is 1. The summed E-state index contributed by atoms with van der Waals surface area (Å²) in [5, 5.41) is 3.97. The second-order valence-electron chi connectivity index (χ2n) is 5.82. The van der Waals surface area contributed by atoms with Gasteiger partial charge in [-0.1, -0.05) is 19.1 Å². The molecule has 1 N–H and O–H groups in total. The van der Waals surface area contributed by atoms with Crippen LogP contribution in [0.15, 0.2) is 30.3 Å². The summed E-state index contributed by atoms with van der Waals surface area (Å²) in [6, 6.07) is 8.37. The van der Waals surface area contributed by atoms with Gasteiger partial charge < -0.3 is 5.32 Å². The van der Waals surface area contributed by atoms with Gasteiger partial charge in [0.05, 0.1) is 10.2 Å². The first kappa shape index (κ1) is 14.3. The summed E-state index contributed by atoms with van der Waals surface area (Å²) in [7, 11) is 0. The van der Waals surface area contributed by atoms with E-state index in [2.05, 4.69) is 17.2 Å². The Kier molecular flexibility index (Phi) is 4.34. The van der Waals surface area contributed by atoms with Crippen LogP contribution in [0, 0.1) is 5.92 Å². The van der Waals surface area contributed by atoms with E-state index in [1.54, 1.807) is 17.4 Å². The van der Waals surface area contributed by atoms with Gasteiger partial charge in [-0.15, -0.1) is 11.3 Å². The van der Waals surface area contributed by atoms with Crippen molar-refractivity contribution in [3.8, 4) is 0 Å². The number of rotatable bonds is 3. The summed E-state index contributed by atoms with van der Waals surface area (Å²) in [6.45, 7) is 2.28. The predicted molar refractivity (Wildman–Crippen MR) is 88.2 cm³/mol. The summed E-state index contributed by atoms with van der Waals surface area (Å²) in [6.07, 6.45) is 8.05. The zero-order valence-electron chi connectivity index (χ0n) is 12.2. The number of carbonyl (C=O) groups is 1. The SMILES string of the molecule is CC1CCC(NC(=O)/C=C/c2nc3ccccc3s2)CC1. The van der Waals surface area contributed by atoms with Crippen molar-refractivity contribution in [3.63, 3.8) is 0 Å². The van der Waals surface area contributed by atoms with Crippen LogP contribution in [0.1, 0.15) is 37.6 Å². The lowest BCUT2D eigenvalue weighted by Crippen LogP contribution is -2.36. The van der Waals surface area contributed by atoms with E-state index in [1.165, 1.54) is 12.8 Å². The molecule has 0 saturated heterocycles. The molecular weight excluding hydrogens is 280 g/mol. The number of benzene rings is 1. The second kappa shape index (κ2) is 6.39. The van der Waals surface area contributed by atoms with Gasteiger partial charge in [0.2, 0.25) is 5.91 Å². The predicted octanol–water partition coefficient (Wildman–Crippen LogP) is 4.00. The molecule has 3 rings (SSSR count). The molecule has 1 aliphatic carbocycles. The molecule has 1 aromatic heterocycles. The third kappa shape index (κ3) is 3.70. The quantitative estimate of drug-likeness (QED) is 0.870. The number of hydrogen-bond acceptors (Lipinski definition) is 3.